The standard InChI is InChI=1S/C24H25OP/c1-16(2)19-12-8-14-21-23(19)25-24-20(17(3)4)13-9-15-22(24)26(21)18-10-6-5-7-11-18/h5-17H,1-4H3. The maximum Gasteiger partial charge on any atom is 0.139 e. The van der Waals surface area contributed by atoms with Crippen LogP contribution in [0.1, 0.15) is 50.7 Å². The van der Waals surface area contributed by atoms with E-state index in [0.29, 0.717) is 11.8 Å². The number of rotatable bonds is 3. The summed E-state index contributed by atoms with van der Waals surface area (Å²) in [6.07, 6.45) is 0. The second-order valence-electron chi connectivity index (χ2n) is 7.47. The van der Waals surface area contributed by atoms with E-state index >= 15 is 0 Å². The van der Waals surface area contributed by atoms with E-state index < -0.39 is 7.92 Å². The molecule has 0 N–H and O–H groups in total. The highest BCUT2D eigenvalue weighted by Gasteiger charge is 2.32. The molecule has 0 saturated heterocycles. The van der Waals surface area contributed by atoms with Crippen LogP contribution in [0.2, 0.25) is 0 Å². The van der Waals surface area contributed by atoms with Gasteiger partial charge in [-0.2, -0.15) is 0 Å². The number of ether oxygens (including phenoxy) is 1. The lowest BCUT2D eigenvalue weighted by Gasteiger charge is -2.32. The van der Waals surface area contributed by atoms with Crippen molar-refractivity contribution in [2.24, 2.45) is 0 Å². The second-order valence-corrected chi connectivity index (χ2v) is 9.62. The van der Waals surface area contributed by atoms with Crippen LogP contribution in [0.3, 0.4) is 0 Å². The van der Waals surface area contributed by atoms with Crippen molar-refractivity contribution in [1.29, 1.82) is 0 Å². The molecule has 0 aliphatic carbocycles. The average Bonchev–Trinajstić information content (AvgIpc) is 2.65. The van der Waals surface area contributed by atoms with Crippen molar-refractivity contribution >= 4 is 23.8 Å². The third kappa shape index (κ3) is 2.85. The van der Waals surface area contributed by atoms with Crippen molar-refractivity contribution in [3.63, 3.8) is 0 Å². The number of para-hydroxylation sites is 2. The van der Waals surface area contributed by atoms with Gasteiger partial charge in [-0.15, -0.1) is 0 Å². The lowest BCUT2D eigenvalue weighted by Crippen LogP contribution is -2.28. The van der Waals surface area contributed by atoms with Crippen LogP contribution in [0.25, 0.3) is 0 Å². The molecule has 0 radical (unpaired) electrons. The zero-order valence-electron chi connectivity index (χ0n) is 15.9. The van der Waals surface area contributed by atoms with E-state index in [2.05, 4.69) is 94.4 Å². The highest BCUT2D eigenvalue weighted by molar-refractivity contribution is 7.80. The minimum absolute atomic E-state index is 0.435. The van der Waals surface area contributed by atoms with Gasteiger partial charge in [0.15, 0.2) is 0 Å². The minimum Gasteiger partial charge on any atom is -0.455 e. The molecule has 0 fully saturated rings. The second kappa shape index (κ2) is 6.89. The molecule has 2 heteroatoms. The smallest absolute Gasteiger partial charge is 0.139 e. The zero-order chi connectivity index (χ0) is 18.3. The first-order chi connectivity index (χ1) is 12.6. The van der Waals surface area contributed by atoms with Crippen molar-refractivity contribution in [1.82, 2.24) is 0 Å². The molecule has 1 aliphatic heterocycles. The Morgan fingerprint density at radius 2 is 1.12 bits per heavy atom. The molecule has 1 aliphatic rings. The summed E-state index contributed by atoms with van der Waals surface area (Å²) < 4.78 is 6.63. The third-order valence-corrected chi connectivity index (χ3v) is 7.48. The molecule has 0 atom stereocenters. The fourth-order valence-electron chi connectivity index (χ4n) is 3.66. The largest absolute Gasteiger partial charge is 0.455 e. The van der Waals surface area contributed by atoms with Gasteiger partial charge in [0.25, 0.3) is 0 Å². The van der Waals surface area contributed by atoms with Crippen molar-refractivity contribution in [3.8, 4) is 11.5 Å². The van der Waals surface area contributed by atoms with Crippen molar-refractivity contribution < 1.29 is 4.74 Å². The van der Waals surface area contributed by atoms with Crippen LogP contribution in [-0.2, 0) is 0 Å². The zero-order valence-corrected chi connectivity index (χ0v) is 16.8. The van der Waals surface area contributed by atoms with Crippen LogP contribution in [-0.4, -0.2) is 0 Å². The van der Waals surface area contributed by atoms with Crippen LogP contribution in [0.4, 0.5) is 0 Å². The van der Waals surface area contributed by atoms with Gasteiger partial charge in [-0.05, 0) is 36.2 Å². The minimum atomic E-state index is -0.605. The Balaban J connectivity index is 2.01. The topological polar surface area (TPSA) is 9.23 Å². The highest BCUT2D eigenvalue weighted by atomic mass is 31.1. The molecule has 0 saturated carbocycles. The molecular weight excluding hydrogens is 335 g/mol. The van der Waals surface area contributed by atoms with E-state index in [-0.39, 0.29) is 0 Å². The molecule has 0 bridgehead atoms. The maximum atomic E-state index is 6.63. The van der Waals surface area contributed by atoms with E-state index in [1.165, 1.54) is 27.0 Å². The molecule has 132 valence electrons. The molecule has 0 unspecified atom stereocenters. The van der Waals surface area contributed by atoms with E-state index in [1.54, 1.807) is 0 Å². The number of hydrogen-bond donors (Lipinski definition) is 0. The lowest BCUT2D eigenvalue weighted by molar-refractivity contribution is 0.470. The Hall–Kier alpha value is -2.11. The summed E-state index contributed by atoms with van der Waals surface area (Å²) in [5, 5.41) is 4.06. The Labute approximate surface area is 157 Å². The molecule has 0 amide bonds. The Morgan fingerprint density at radius 1 is 0.615 bits per heavy atom. The first-order valence-corrected chi connectivity index (χ1v) is 10.7. The SMILES string of the molecule is CC(C)c1cccc2c1Oc1c(C(C)C)cccc1P2c1ccccc1. The number of fused-ring (bicyclic) bond motifs is 2. The van der Waals surface area contributed by atoms with E-state index in [0.717, 1.165) is 11.5 Å². The van der Waals surface area contributed by atoms with Gasteiger partial charge in [0, 0.05) is 10.6 Å². The molecule has 0 aromatic heterocycles. The van der Waals surface area contributed by atoms with E-state index in [9.17, 15) is 0 Å². The summed E-state index contributed by atoms with van der Waals surface area (Å²) in [6, 6.07) is 24.2. The normalized spacial score (nSPS) is 13.5. The molecular formula is C24H25OP. The van der Waals surface area contributed by atoms with Crippen LogP contribution in [0.15, 0.2) is 66.7 Å². The van der Waals surface area contributed by atoms with Crippen LogP contribution >= 0.6 is 7.92 Å². The molecule has 0 spiro atoms. The van der Waals surface area contributed by atoms with Gasteiger partial charge in [-0.1, -0.05) is 94.4 Å². The predicted molar refractivity (Wildman–Crippen MR) is 113 cm³/mol. The summed E-state index contributed by atoms with van der Waals surface area (Å²) in [7, 11) is -0.605. The molecule has 1 nitrogen and oxygen atoms in total. The quantitative estimate of drug-likeness (QED) is 0.420. The van der Waals surface area contributed by atoms with E-state index in [1.807, 2.05) is 0 Å². The summed E-state index contributed by atoms with van der Waals surface area (Å²) in [5.41, 5.74) is 2.60. The van der Waals surface area contributed by atoms with Crippen molar-refractivity contribution in [2.45, 2.75) is 39.5 Å². The summed E-state index contributed by atoms with van der Waals surface area (Å²) in [6.45, 7) is 8.97. The van der Waals surface area contributed by atoms with Gasteiger partial charge in [-0.3, -0.25) is 0 Å². The van der Waals surface area contributed by atoms with Gasteiger partial charge >= 0.3 is 0 Å². The highest BCUT2D eigenvalue weighted by Crippen LogP contribution is 2.48. The van der Waals surface area contributed by atoms with Gasteiger partial charge in [-0.25, -0.2) is 0 Å². The Kier molecular flexibility index (Phi) is 4.59. The molecule has 26 heavy (non-hydrogen) atoms. The molecule has 1 heterocycles. The van der Waals surface area contributed by atoms with Crippen LogP contribution in [0.5, 0.6) is 11.5 Å². The summed E-state index contributed by atoms with van der Waals surface area (Å²) >= 11 is 0. The van der Waals surface area contributed by atoms with Gasteiger partial charge in [0.1, 0.15) is 11.5 Å². The van der Waals surface area contributed by atoms with Crippen LogP contribution < -0.4 is 20.7 Å². The van der Waals surface area contributed by atoms with Gasteiger partial charge in [0.2, 0.25) is 0 Å². The van der Waals surface area contributed by atoms with Gasteiger partial charge < -0.3 is 4.74 Å². The first-order valence-electron chi connectivity index (χ1n) is 9.36. The predicted octanol–water partition coefficient (Wildman–Crippen LogP) is 5.80. The first kappa shape index (κ1) is 17.3. The summed E-state index contributed by atoms with van der Waals surface area (Å²) in [4.78, 5) is 0. The molecule has 3 aromatic rings. The number of hydrogen-bond acceptors (Lipinski definition) is 1. The van der Waals surface area contributed by atoms with Crippen LogP contribution in [0, 0.1) is 0 Å². The number of benzene rings is 3. The van der Waals surface area contributed by atoms with Crippen molar-refractivity contribution in [3.05, 3.63) is 77.9 Å². The average molecular weight is 360 g/mol. The monoisotopic (exact) mass is 360 g/mol. The lowest BCUT2D eigenvalue weighted by atomic mass is 10.0. The Bertz CT molecular complexity index is 871. The molecule has 3 aromatic carbocycles. The van der Waals surface area contributed by atoms with E-state index in [4.69, 9.17) is 4.74 Å². The van der Waals surface area contributed by atoms with Gasteiger partial charge in [0.05, 0.1) is 0 Å². The molecule has 4 rings (SSSR count). The van der Waals surface area contributed by atoms with Crippen molar-refractivity contribution in [2.75, 3.05) is 0 Å². The fraction of sp³-hybridized carbons (Fsp3) is 0.250. The Morgan fingerprint density at radius 3 is 1.58 bits per heavy atom. The maximum absolute atomic E-state index is 6.63. The summed E-state index contributed by atoms with van der Waals surface area (Å²) in [5.74, 6) is 3.03. The third-order valence-electron chi connectivity index (χ3n) is 4.99. The fourth-order valence-corrected chi connectivity index (χ4v) is 6.17.